The van der Waals surface area contributed by atoms with E-state index in [2.05, 4.69) is 22.4 Å². The molecule has 0 aromatic heterocycles. The topological polar surface area (TPSA) is 70.6 Å². The van der Waals surface area contributed by atoms with Gasteiger partial charge in [0.15, 0.2) is 0 Å². The average Bonchev–Trinajstić information content (AvgIpc) is 2.58. The van der Waals surface area contributed by atoms with Crippen LogP contribution < -0.4 is 10.7 Å². The van der Waals surface area contributed by atoms with Gasteiger partial charge in [-0.3, -0.25) is 9.59 Å². The summed E-state index contributed by atoms with van der Waals surface area (Å²) in [4.78, 5) is 22.6. The number of nitrogens with zero attached hydrogens (tertiary/aromatic N) is 1. The van der Waals surface area contributed by atoms with Crippen LogP contribution in [0.4, 0.5) is 5.69 Å². The molecule has 0 unspecified atom stereocenters. The largest absolute Gasteiger partial charge is 0.326 e. The molecule has 0 spiro atoms. The fourth-order valence-electron chi connectivity index (χ4n) is 2.37. The average molecular weight is 343 g/mol. The lowest BCUT2D eigenvalue weighted by Crippen LogP contribution is -2.16. The number of carbonyl (C=O) groups is 2. The zero-order valence-electron chi connectivity index (χ0n) is 15.1. The first-order chi connectivity index (χ1) is 12.1. The summed E-state index contributed by atoms with van der Waals surface area (Å²) in [6, 6.07) is 7.24. The van der Waals surface area contributed by atoms with E-state index in [1.165, 1.54) is 32.6 Å². The van der Waals surface area contributed by atoms with Crippen LogP contribution in [0.2, 0.25) is 0 Å². The van der Waals surface area contributed by atoms with Crippen molar-refractivity contribution >= 4 is 23.7 Å². The fraction of sp³-hybridized carbons (Fsp3) is 0.450. The van der Waals surface area contributed by atoms with Gasteiger partial charge in [-0.15, -0.1) is 6.58 Å². The number of benzene rings is 1. The highest BCUT2D eigenvalue weighted by atomic mass is 16.2. The van der Waals surface area contributed by atoms with Gasteiger partial charge in [-0.25, -0.2) is 5.43 Å². The Hall–Kier alpha value is -2.43. The van der Waals surface area contributed by atoms with Crippen molar-refractivity contribution < 1.29 is 9.59 Å². The van der Waals surface area contributed by atoms with Gasteiger partial charge in [0.25, 0.3) is 0 Å². The molecule has 0 radical (unpaired) electrons. The maximum absolute atomic E-state index is 11.7. The highest BCUT2D eigenvalue weighted by Crippen LogP contribution is 2.09. The van der Waals surface area contributed by atoms with Crippen molar-refractivity contribution in [3.8, 4) is 0 Å². The van der Waals surface area contributed by atoms with E-state index in [0.29, 0.717) is 6.42 Å². The third-order valence-electron chi connectivity index (χ3n) is 3.70. The number of amides is 2. The molecule has 5 nitrogen and oxygen atoms in total. The molecule has 2 N–H and O–H groups in total. The first-order valence-electron chi connectivity index (χ1n) is 8.92. The number of unbranched alkanes of at least 4 members (excludes halogenated alkanes) is 6. The molecule has 0 aliphatic heterocycles. The van der Waals surface area contributed by atoms with Gasteiger partial charge in [0.05, 0.1) is 6.21 Å². The maximum Gasteiger partial charge on any atom is 0.240 e. The molecular weight excluding hydrogens is 314 g/mol. The van der Waals surface area contributed by atoms with E-state index >= 15 is 0 Å². The van der Waals surface area contributed by atoms with Crippen LogP contribution in [0.5, 0.6) is 0 Å². The Bertz CT molecular complexity index is 565. The summed E-state index contributed by atoms with van der Waals surface area (Å²) in [5.41, 5.74) is 4.14. The summed E-state index contributed by atoms with van der Waals surface area (Å²) in [7, 11) is 0. The molecule has 5 heteroatoms. The molecule has 2 amide bonds. The van der Waals surface area contributed by atoms with E-state index in [4.69, 9.17) is 0 Å². The van der Waals surface area contributed by atoms with Crippen molar-refractivity contribution in [1.82, 2.24) is 5.43 Å². The molecule has 1 aromatic carbocycles. The van der Waals surface area contributed by atoms with E-state index in [0.717, 1.165) is 30.5 Å². The van der Waals surface area contributed by atoms with Crippen LogP contribution in [0.1, 0.15) is 63.9 Å². The van der Waals surface area contributed by atoms with Crippen molar-refractivity contribution in [2.24, 2.45) is 5.10 Å². The highest BCUT2D eigenvalue weighted by Gasteiger charge is 1.99. The number of allylic oxidation sites excluding steroid dienone is 1. The summed E-state index contributed by atoms with van der Waals surface area (Å²) in [5.74, 6) is -0.164. The van der Waals surface area contributed by atoms with E-state index in [1.54, 1.807) is 18.3 Å². The number of carbonyl (C=O) groups excluding carboxylic acids is 2. The number of nitrogens with one attached hydrogen (secondary N) is 2. The molecule has 0 aliphatic rings. The van der Waals surface area contributed by atoms with Crippen LogP contribution >= 0.6 is 0 Å². The van der Waals surface area contributed by atoms with Crippen LogP contribution in [0.15, 0.2) is 42.0 Å². The minimum atomic E-state index is -0.106. The standard InChI is InChI=1S/C20H29N3O2/c1-3-4-5-6-7-8-9-10-11-20(25)23-21-16-18-12-14-19(15-13-18)22-17(2)24/h3,12-16H,1,4-11H2,2H3,(H,22,24)(H,23,25). The third kappa shape index (κ3) is 10.9. The lowest BCUT2D eigenvalue weighted by atomic mass is 10.1. The molecular formula is C20H29N3O2. The summed E-state index contributed by atoms with van der Waals surface area (Å²) in [5, 5.41) is 6.66. The molecule has 25 heavy (non-hydrogen) atoms. The second-order valence-electron chi connectivity index (χ2n) is 6.05. The van der Waals surface area contributed by atoms with E-state index in [9.17, 15) is 9.59 Å². The predicted octanol–water partition coefficient (Wildman–Crippen LogP) is 4.40. The normalized spacial score (nSPS) is 10.6. The van der Waals surface area contributed by atoms with Crippen LogP contribution in [0.3, 0.4) is 0 Å². The SMILES string of the molecule is C=CCCCCCCCCC(=O)NN=Cc1ccc(NC(C)=O)cc1. The first-order valence-corrected chi connectivity index (χ1v) is 8.92. The molecule has 0 saturated heterocycles. The first kappa shape index (κ1) is 20.6. The molecule has 0 heterocycles. The Kier molecular flexibility index (Phi) is 10.7. The van der Waals surface area contributed by atoms with Crippen LogP contribution in [-0.2, 0) is 9.59 Å². The minimum Gasteiger partial charge on any atom is -0.326 e. The smallest absolute Gasteiger partial charge is 0.240 e. The Balaban J connectivity index is 2.13. The summed E-state index contributed by atoms with van der Waals surface area (Å²) < 4.78 is 0. The van der Waals surface area contributed by atoms with Gasteiger partial charge in [0.2, 0.25) is 11.8 Å². The Morgan fingerprint density at radius 1 is 1.04 bits per heavy atom. The summed E-state index contributed by atoms with van der Waals surface area (Å²) in [6.45, 7) is 5.18. The van der Waals surface area contributed by atoms with Crippen molar-refractivity contribution in [2.45, 2.75) is 58.3 Å². The molecule has 0 atom stereocenters. The van der Waals surface area contributed by atoms with Crippen molar-refractivity contribution in [2.75, 3.05) is 5.32 Å². The van der Waals surface area contributed by atoms with Gasteiger partial charge < -0.3 is 5.32 Å². The summed E-state index contributed by atoms with van der Waals surface area (Å²) in [6.07, 6.45) is 12.0. The third-order valence-corrected chi connectivity index (χ3v) is 3.70. The minimum absolute atomic E-state index is 0.0576. The van der Waals surface area contributed by atoms with Crippen LogP contribution in [0.25, 0.3) is 0 Å². The second-order valence-corrected chi connectivity index (χ2v) is 6.05. The Morgan fingerprint density at radius 2 is 1.68 bits per heavy atom. The fourth-order valence-corrected chi connectivity index (χ4v) is 2.37. The van der Waals surface area contributed by atoms with Crippen LogP contribution in [0, 0.1) is 0 Å². The van der Waals surface area contributed by atoms with Gasteiger partial charge in [-0.2, -0.15) is 5.10 Å². The highest BCUT2D eigenvalue weighted by molar-refractivity contribution is 5.89. The van der Waals surface area contributed by atoms with Gasteiger partial charge >= 0.3 is 0 Å². The predicted molar refractivity (Wildman–Crippen MR) is 104 cm³/mol. The quantitative estimate of drug-likeness (QED) is 0.255. The van der Waals surface area contributed by atoms with E-state index < -0.39 is 0 Å². The van der Waals surface area contributed by atoms with Crippen molar-refractivity contribution in [3.63, 3.8) is 0 Å². The molecule has 1 rings (SSSR count). The monoisotopic (exact) mass is 343 g/mol. The Labute approximate surface area is 150 Å². The lowest BCUT2D eigenvalue weighted by molar-refractivity contribution is -0.121. The number of hydrazone groups is 1. The second kappa shape index (κ2) is 12.9. The van der Waals surface area contributed by atoms with Crippen LogP contribution in [-0.4, -0.2) is 18.0 Å². The number of anilines is 1. The van der Waals surface area contributed by atoms with Gasteiger partial charge in [0, 0.05) is 19.0 Å². The molecule has 0 aliphatic carbocycles. The molecule has 0 saturated carbocycles. The number of hydrogen-bond acceptors (Lipinski definition) is 3. The Morgan fingerprint density at radius 3 is 2.32 bits per heavy atom. The maximum atomic E-state index is 11.7. The van der Waals surface area contributed by atoms with E-state index in [-0.39, 0.29) is 11.8 Å². The zero-order chi connectivity index (χ0) is 18.3. The number of hydrogen-bond donors (Lipinski definition) is 2. The lowest BCUT2D eigenvalue weighted by Gasteiger charge is -2.02. The van der Waals surface area contributed by atoms with Crippen molar-refractivity contribution in [3.05, 3.63) is 42.5 Å². The van der Waals surface area contributed by atoms with Crippen molar-refractivity contribution in [1.29, 1.82) is 0 Å². The molecule has 0 fully saturated rings. The van der Waals surface area contributed by atoms with E-state index in [1.807, 2.05) is 18.2 Å². The summed E-state index contributed by atoms with van der Waals surface area (Å²) >= 11 is 0. The molecule has 0 bridgehead atoms. The van der Waals surface area contributed by atoms with Gasteiger partial charge in [0.1, 0.15) is 0 Å². The molecule has 136 valence electrons. The molecule has 1 aromatic rings. The van der Waals surface area contributed by atoms with Gasteiger partial charge in [-0.05, 0) is 37.0 Å². The van der Waals surface area contributed by atoms with Gasteiger partial charge in [-0.1, -0.05) is 43.9 Å². The number of rotatable bonds is 12. The zero-order valence-corrected chi connectivity index (χ0v) is 15.1.